The largest absolute Gasteiger partial charge is 0.383 e. The van der Waals surface area contributed by atoms with Crippen LogP contribution in [0.5, 0.6) is 0 Å². The van der Waals surface area contributed by atoms with E-state index in [0.717, 1.165) is 18.4 Å². The number of rotatable bonds is 10. The van der Waals surface area contributed by atoms with E-state index in [2.05, 4.69) is 4.98 Å². The molecule has 0 fully saturated rings. The van der Waals surface area contributed by atoms with Crippen LogP contribution in [0.15, 0.2) is 33.9 Å². The van der Waals surface area contributed by atoms with Crippen molar-refractivity contribution < 1.29 is 4.74 Å². The summed E-state index contributed by atoms with van der Waals surface area (Å²) < 4.78 is 6.60. The van der Waals surface area contributed by atoms with Crippen LogP contribution in [0.4, 0.5) is 11.5 Å². The lowest BCUT2D eigenvalue weighted by molar-refractivity contribution is 0.205. The molecular weight excluding hydrogens is 368 g/mol. The highest BCUT2D eigenvalue weighted by atomic mass is 35.5. The van der Waals surface area contributed by atoms with E-state index in [1.165, 1.54) is 4.57 Å². The Hall–Kier alpha value is -2.25. The number of aromatic amines is 1. The number of nitrogens with zero attached hydrogens (tertiary/aromatic N) is 2. The van der Waals surface area contributed by atoms with Crippen molar-refractivity contribution in [1.82, 2.24) is 9.55 Å². The number of ether oxygens (including phenoxy) is 1. The Morgan fingerprint density at radius 3 is 2.67 bits per heavy atom. The average Bonchev–Trinajstić information content (AvgIpc) is 2.64. The molecule has 2 rings (SSSR count). The van der Waals surface area contributed by atoms with Gasteiger partial charge in [0.15, 0.2) is 0 Å². The third kappa shape index (κ3) is 5.37. The average molecular weight is 395 g/mol. The molecule has 0 spiro atoms. The van der Waals surface area contributed by atoms with Crippen LogP contribution in [0, 0.1) is 0 Å². The van der Waals surface area contributed by atoms with E-state index in [1.54, 1.807) is 7.11 Å². The van der Waals surface area contributed by atoms with E-state index >= 15 is 0 Å². The van der Waals surface area contributed by atoms with E-state index in [4.69, 9.17) is 22.1 Å². The summed E-state index contributed by atoms with van der Waals surface area (Å²) in [5, 5.41) is 0.680. The van der Waals surface area contributed by atoms with Gasteiger partial charge in [-0.25, -0.2) is 4.79 Å². The molecule has 0 unspecified atom stereocenters. The Morgan fingerprint density at radius 2 is 2.00 bits per heavy atom. The first-order valence-corrected chi connectivity index (χ1v) is 9.47. The highest BCUT2D eigenvalue weighted by Gasteiger charge is 2.19. The van der Waals surface area contributed by atoms with Gasteiger partial charge in [0.25, 0.3) is 5.56 Å². The number of halogens is 1. The van der Waals surface area contributed by atoms with Gasteiger partial charge in [-0.2, -0.15) is 0 Å². The number of nitrogens with one attached hydrogen (secondary N) is 1. The van der Waals surface area contributed by atoms with E-state index in [9.17, 15) is 9.59 Å². The van der Waals surface area contributed by atoms with Gasteiger partial charge >= 0.3 is 5.69 Å². The zero-order valence-electron chi connectivity index (χ0n) is 15.8. The maximum atomic E-state index is 12.5. The summed E-state index contributed by atoms with van der Waals surface area (Å²) in [7, 11) is 1.60. The standard InChI is InChI=1S/C19H27ClN4O3/c1-3-4-10-24-17(21)16(18(25)22-19(24)26)23(12-13-27-2)11-9-14-7-5-6-8-15(14)20/h5-8H,3-4,9-13,21H2,1-2H3,(H,22,25,26). The number of unbranched alkanes of at least 4 members (excludes halogenated alkanes) is 1. The molecule has 0 saturated carbocycles. The summed E-state index contributed by atoms with van der Waals surface area (Å²) >= 11 is 6.24. The summed E-state index contributed by atoms with van der Waals surface area (Å²) in [6, 6.07) is 7.59. The summed E-state index contributed by atoms with van der Waals surface area (Å²) in [6.07, 6.45) is 2.35. The van der Waals surface area contributed by atoms with Crippen molar-refractivity contribution in [3.63, 3.8) is 0 Å². The van der Waals surface area contributed by atoms with Crippen LogP contribution in [-0.4, -0.2) is 36.4 Å². The number of hydrogen-bond donors (Lipinski definition) is 2. The van der Waals surface area contributed by atoms with Gasteiger partial charge < -0.3 is 15.4 Å². The predicted molar refractivity (Wildman–Crippen MR) is 110 cm³/mol. The molecule has 0 saturated heterocycles. The maximum absolute atomic E-state index is 12.5. The number of anilines is 2. The molecule has 1 aromatic heterocycles. The molecule has 0 atom stereocenters. The number of nitrogen functional groups attached to an aromatic ring is 1. The van der Waals surface area contributed by atoms with Gasteiger partial charge in [-0.1, -0.05) is 43.1 Å². The van der Waals surface area contributed by atoms with Crippen molar-refractivity contribution >= 4 is 23.1 Å². The number of H-pyrrole nitrogens is 1. The summed E-state index contributed by atoms with van der Waals surface area (Å²) in [4.78, 5) is 28.9. The van der Waals surface area contributed by atoms with E-state index in [1.807, 2.05) is 36.1 Å². The molecule has 0 radical (unpaired) electrons. The van der Waals surface area contributed by atoms with E-state index in [0.29, 0.717) is 43.4 Å². The first-order chi connectivity index (χ1) is 13.0. The number of hydrogen-bond acceptors (Lipinski definition) is 5. The summed E-state index contributed by atoms with van der Waals surface area (Å²) in [5.41, 5.74) is 6.55. The third-order valence-corrected chi connectivity index (χ3v) is 4.81. The molecule has 0 bridgehead atoms. The molecule has 3 N–H and O–H groups in total. The Kier molecular flexibility index (Phi) is 7.94. The van der Waals surface area contributed by atoms with Crippen molar-refractivity contribution in [2.45, 2.75) is 32.7 Å². The fourth-order valence-electron chi connectivity index (χ4n) is 2.91. The highest BCUT2D eigenvalue weighted by Crippen LogP contribution is 2.20. The molecule has 0 aliphatic rings. The van der Waals surface area contributed by atoms with Crippen LogP contribution in [0.2, 0.25) is 5.02 Å². The summed E-state index contributed by atoms with van der Waals surface area (Å²) in [5.74, 6) is 0.187. The van der Waals surface area contributed by atoms with Crippen molar-refractivity contribution in [2.75, 3.05) is 37.4 Å². The Bertz CT molecular complexity index is 863. The second-order valence-electron chi connectivity index (χ2n) is 6.32. The Labute approximate surface area is 163 Å². The van der Waals surface area contributed by atoms with Crippen molar-refractivity contribution in [1.29, 1.82) is 0 Å². The number of nitrogens with two attached hydrogens (primary N) is 1. The monoisotopic (exact) mass is 394 g/mol. The van der Waals surface area contributed by atoms with Crippen molar-refractivity contribution in [3.8, 4) is 0 Å². The lowest BCUT2D eigenvalue weighted by Gasteiger charge is -2.26. The normalized spacial score (nSPS) is 10.9. The molecule has 1 heterocycles. The van der Waals surface area contributed by atoms with Crippen LogP contribution in [0.25, 0.3) is 0 Å². The second kappa shape index (κ2) is 10.2. The zero-order chi connectivity index (χ0) is 19.8. The molecule has 8 heteroatoms. The predicted octanol–water partition coefficient (Wildman–Crippen LogP) is 2.27. The topological polar surface area (TPSA) is 93.3 Å². The van der Waals surface area contributed by atoms with Crippen LogP contribution in [0.1, 0.15) is 25.3 Å². The Balaban J connectivity index is 2.36. The number of benzene rings is 1. The minimum Gasteiger partial charge on any atom is -0.383 e. The molecule has 1 aromatic carbocycles. The summed E-state index contributed by atoms with van der Waals surface area (Å²) in [6.45, 7) is 3.91. The molecule has 0 aliphatic carbocycles. The Morgan fingerprint density at radius 1 is 1.26 bits per heavy atom. The molecule has 148 valence electrons. The lowest BCUT2D eigenvalue weighted by Crippen LogP contribution is -2.40. The van der Waals surface area contributed by atoms with Crippen LogP contribution in [0.3, 0.4) is 0 Å². The fourth-order valence-corrected chi connectivity index (χ4v) is 3.14. The SMILES string of the molecule is CCCCn1c(N)c(N(CCOC)CCc2ccccc2Cl)c(=O)[nH]c1=O. The highest BCUT2D eigenvalue weighted by molar-refractivity contribution is 6.31. The molecule has 7 nitrogen and oxygen atoms in total. The minimum atomic E-state index is -0.486. The lowest BCUT2D eigenvalue weighted by atomic mass is 10.1. The van der Waals surface area contributed by atoms with Gasteiger partial charge in [0.1, 0.15) is 11.5 Å². The van der Waals surface area contributed by atoms with Crippen LogP contribution < -0.4 is 21.9 Å². The van der Waals surface area contributed by atoms with Gasteiger partial charge in [0, 0.05) is 31.8 Å². The minimum absolute atomic E-state index is 0.187. The van der Waals surface area contributed by atoms with Crippen molar-refractivity contribution in [3.05, 3.63) is 55.7 Å². The van der Waals surface area contributed by atoms with Gasteiger partial charge in [0.05, 0.1) is 6.61 Å². The molecule has 0 aliphatic heterocycles. The maximum Gasteiger partial charge on any atom is 0.330 e. The smallest absolute Gasteiger partial charge is 0.330 e. The first-order valence-electron chi connectivity index (χ1n) is 9.09. The van der Waals surface area contributed by atoms with Gasteiger partial charge in [0.2, 0.25) is 0 Å². The second-order valence-corrected chi connectivity index (χ2v) is 6.73. The molecule has 0 amide bonds. The van der Waals surface area contributed by atoms with E-state index in [-0.39, 0.29) is 5.82 Å². The quantitative estimate of drug-likeness (QED) is 0.644. The molecular formula is C19H27ClN4O3. The third-order valence-electron chi connectivity index (χ3n) is 4.44. The number of aromatic nitrogens is 2. The van der Waals surface area contributed by atoms with Gasteiger partial charge in [-0.15, -0.1) is 0 Å². The molecule has 2 aromatic rings. The van der Waals surface area contributed by atoms with E-state index < -0.39 is 11.2 Å². The fraction of sp³-hybridized carbons (Fsp3) is 0.474. The number of methoxy groups -OCH3 is 1. The van der Waals surface area contributed by atoms with Crippen molar-refractivity contribution in [2.24, 2.45) is 0 Å². The van der Waals surface area contributed by atoms with Gasteiger partial charge in [-0.05, 0) is 24.5 Å². The molecule has 27 heavy (non-hydrogen) atoms. The first kappa shape index (κ1) is 21.1. The van der Waals surface area contributed by atoms with Crippen LogP contribution in [-0.2, 0) is 17.7 Å². The zero-order valence-corrected chi connectivity index (χ0v) is 16.6. The van der Waals surface area contributed by atoms with Crippen LogP contribution >= 0.6 is 11.6 Å². The van der Waals surface area contributed by atoms with Gasteiger partial charge in [-0.3, -0.25) is 14.3 Å².